The first-order valence-corrected chi connectivity index (χ1v) is 7.40. The molecular formula is C18H17NO3. The number of ketones is 1. The maximum atomic E-state index is 12.2. The summed E-state index contributed by atoms with van der Waals surface area (Å²) in [6.07, 6.45) is 1.21. The third kappa shape index (κ3) is 2.72. The molecule has 0 unspecified atom stereocenters. The predicted octanol–water partition coefficient (Wildman–Crippen LogP) is 3.41. The highest BCUT2D eigenvalue weighted by molar-refractivity contribution is 6.03. The van der Waals surface area contributed by atoms with Gasteiger partial charge in [-0.2, -0.15) is 0 Å². The Hall–Kier alpha value is -2.62. The lowest BCUT2D eigenvalue weighted by atomic mass is 9.98. The predicted molar refractivity (Wildman–Crippen MR) is 84.0 cm³/mol. The Labute approximate surface area is 129 Å². The summed E-state index contributed by atoms with van der Waals surface area (Å²) in [4.78, 5) is 29.7. The summed E-state index contributed by atoms with van der Waals surface area (Å²) >= 11 is 0. The number of carbonyl (C=O) groups excluding carboxylic acids is 2. The van der Waals surface area contributed by atoms with Crippen molar-refractivity contribution < 1.29 is 14.4 Å². The number of carbonyl (C=O) groups is 2. The Morgan fingerprint density at radius 1 is 1.18 bits per heavy atom. The lowest BCUT2D eigenvalue weighted by molar-refractivity contribution is 0.0437. The smallest absolute Gasteiger partial charge is 0.335 e. The van der Waals surface area contributed by atoms with Crippen LogP contribution in [0.2, 0.25) is 0 Å². The first-order chi connectivity index (χ1) is 10.7. The molecule has 0 spiro atoms. The van der Waals surface area contributed by atoms with Crippen LogP contribution in [0.4, 0.5) is 5.69 Å². The van der Waals surface area contributed by atoms with E-state index in [-0.39, 0.29) is 5.78 Å². The molecule has 0 bridgehead atoms. The highest BCUT2D eigenvalue weighted by Gasteiger charge is 2.26. The second-order valence-corrected chi connectivity index (χ2v) is 5.23. The number of fused-ring (bicyclic) bond motifs is 1. The van der Waals surface area contributed by atoms with Gasteiger partial charge in [0.1, 0.15) is 0 Å². The summed E-state index contributed by atoms with van der Waals surface area (Å²) in [5, 5.41) is 1.52. The number of hydrogen-bond acceptors (Lipinski definition) is 4. The minimum atomic E-state index is -0.416. The molecule has 1 aliphatic rings. The van der Waals surface area contributed by atoms with Gasteiger partial charge in [-0.25, -0.2) is 9.86 Å². The van der Waals surface area contributed by atoms with E-state index in [0.717, 1.165) is 12.0 Å². The quantitative estimate of drug-likeness (QED) is 0.870. The molecule has 2 aromatic carbocycles. The number of anilines is 1. The monoisotopic (exact) mass is 295 g/mol. The zero-order chi connectivity index (χ0) is 15.5. The average molecular weight is 295 g/mol. The molecule has 3 rings (SSSR count). The van der Waals surface area contributed by atoms with Gasteiger partial charge in [-0.1, -0.05) is 31.2 Å². The Kier molecular flexibility index (Phi) is 3.92. The van der Waals surface area contributed by atoms with Crippen LogP contribution < -0.4 is 5.06 Å². The first-order valence-electron chi connectivity index (χ1n) is 7.40. The Bertz CT molecular complexity index is 710. The second kappa shape index (κ2) is 6.02. The SMILES string of the molecule is CCc1ccc2c(c1)C(=O)CCN2OC(=O)c1ccccc1. The third-order valence-electron chi connectivity index (χ3n) is 3.78. The molecule has 0 saturated carbocycles. The summed E-state index contributed by atoms with van der Waals surface area (Å²) in [7, 11) is 0. The molecule has 22 heavy (non-hydrogen) atoms. The summed E-state index contributed by atoms with van der Waals surface area (Å²) in [5.74, 6) is -0.322. The van der Waals surface area contributed by atoms with Gasteiger partial charge in [-0.05, 0) is 36.2 Å². The van der Waals surface area contributed by atoms with E-state index in [4.69, 9.17) is 4.84 Å². The molecule has 0 aromatic heterocycles. The molecule has 0 radical (unpaired) electrons. The van der Waals surface area contributed by atoms with Gasteiger partial charge < -0.3 is 4.84 Å². The normalized spacial score (nSPS) is 13.7. The van der Waals surface area contributed by atoms with Crippen LogP contribution in [0.15, 0.2) is 48.5 Å². The van der Waals surface area contributed by atoms with Crippen molar-refractivity contribution in [2.45, 2.75) is 19.8 Å². The summed E-state index contributed by atoms with van der Waals surface area (Å²) < 4.78 is 0. The number of nitrogens with zero attached hydrogens (tertiary/aromatic N) is 1. The van der Waals surface area contributed by atoms with Crippen molar-refractivity contribution in [1.82, 2.24) is 0 Å². The van der Waals surface area contributed by atoms with E-state index in [2.05, 4.69) is 0 Å². The van der Waals surface area contributed by atoms with Crippen LogP contribution in [0, 0.1) is 0 Å². The van der Waals surface area contributed by atoms with E-state index >= 15 is 0 Å². The van der Waals surface area contributed by atoms with E-state index in [1.807, 2.05) is 31.2 Å². The number of hydroxylamine groups is 1. The van der Waals surface area contributed by atoms with Crippen LogP contribution >= 0.6 is 0 Å². The maximum Gasteiger partial charge on any atom is 0.363 e. The highest BCUT2D eigenvalue weighted by Crippen LogP contribution is 2.29. The van der Waals surface area contributed by atoms with Crippen molar-refractivity contribution in [3.8, 4) is 0 Å². The van der Waals surface area contributed by atoms with Gasteiger partial charge in [-0.3, -0.25) is 4.79 Å². The molecule has 112 valence electrons. The second-order valence-electron chi connectivity index (χ2n) is 5.23. The molecule has 0 fully saturated rings. The lowest BCUT2D eigenvalue weighted by Gasteiger charge is -2.28. The third-order valence-corrected chi connectivity index (χ3v) is 3.78. The van der Waals surface area contributed by atoms with E-state index in [0.29, 0.717) is 29.8 Å². The number of rotatable bonds is 3. The standard InChI is InChI=1S/C18H17NO3/c1-2-13-8-9-16-15(12-13)17(20)10-11-19(16)22-18(21)14-6-4-3-5-7-14/h3-9,12H,2,10-11H2,1H3. The number of benzene rings is 2. The molecule has 0 N–H and O–H groups in total. The van der Waals surface area contributed by atoms with Crippen LogP contribution in [-0.4, -0.2) is 18.3 Å². The van der Waals surface area contributed by atoms with Crippen molar-refractivity contribution in [3.05, 3.63) is 65.2 Å². The fourth-order valence-electron chi connectivity index (χ4n) is 2.52. The topological polar surface area (TPSA) is 46.6 Å². The first kappa shape index (κ1) is 14.3. The van der Waals surface area contributed by atoms with E-state index in [9.17, 15) is 9.59 Å². The minimum absolute atomic E-state index is 0.0947. The van der Waals surface area contributed by atoms with Crippen molar-refractivity contribution in [3.63, 3.8) is 0 Å². The van der Waals surface area contributed by atoms with Crippen LogP contribution in [0.25, 0.3) is 0 Å². The van der Waals surface area contributed by atoms with Gasteiger partial charge in [0.05, 0.1) is 17.8 Å². The molecule has 0 atom stereocenters. The van der Waals surface area contributed by atoms with Gasteiger partial charge in [0.2, 0.25) is 0 Å². The summed E-state index contributed by atoms with van der Waals surface area (Å²) in [6.45, 7) is 2.43. The summed E-state index contributed by atoms with van der Waals surface area (Å²) in [6, 6.07) is 14.5. The van der Waals surface area contributed by atoms with Crippen LogP contribution in [0.1, 0.15) is 39.6 Å². The van der Waals surface area contributed by atoms with Gasteiger partial charge >= 0.3 is 5.97 Å². The zero-order valence-corrected chi connectivity index (χ0v) is 12.4. The molecule has 0 amide bonds. The van der Waals surface area contributed by atoms with E-state index in [1.54, 1.807) is 24.3 Å². The maximum absolute atomic E-state index is 12.2. The molecule has 2 aromatic rings. The minimum Gasteiger partial charge on any atom is -0.335 e. The van der Waals surface area contributed by atoms with Gasteiger partial charge in [-0.15, -0.1) is 0 Å². The Balaban J connectivity index is 1.86. The van der Waals surface area contributed by atoms with Gasteiger partial charge in [0, 0.05) is 12.0 Å². The Morgan fingerprint density at radius 2 is 1.95 bits per heavy atom. The molecule has 1 heterocycles. The van der Waals surface area contributed by atoms with Crippen molar-refractivity contribution in [1.29, 1.82) is 0 Å². The van der Waals surface area contributed by atoms with Gasteiger partial charge in [0.25, 0.3) is 0 Å². The Morgan fingerprint density at radius 3 is 2.68 bits per heavy atom. The fraction of sp³-hybridized carbons (Fsp3) is 0.222. The van der Waals surface area contributed by atoms with Crippen molar-refractivity contribution in [2.24, 2.45) is 0 Å². The van der Waals surface area contributed by atoms with Crippen LogP contribution in [-0.2, 0) is 11.3 Å². The van der Waals surface area contributed by atoms with Gasteiger partial charge in [0.15, 0.2) is 5.78 Å². The molecule has 0 aliphatic carbocycles. The molecular weight excluding hydrogens is 278 g/mol. The van der Waals surface area contributed by atoms with E-state index in [1.165, 1.54) is 5.06 Å². The molecule has 4 heteroatoms. The highest BCUT2D eigenvalue weighted by atomic mass is 16.7. The molecule has 1 aliphatic heterocycles. The number of hydrogen-bond donors (Lipinski definition) is 0. The van der Waals surface area contributed by atoms with Crippen molar-refractivity contribution in [2.75, 3.05) is 11.6 Å². The average Bonchev–Trinajstić information content (AvgIpc) is 2.58. The van der Waals surface area contributed by atoms with Crippen LogP contribution in [0.5, 0.6) is 0 Å². The number of Topliss-reactive ketones (excluding diaryl/α,β-unsaturated/α-hetero) is 1. The summed E-state index contributed by atoms with van der Waals surface area (Å²) in [5.41, 5.74) is 2.89. The zero-order valence-electron chi connectivity index (χ0n) is 12.4. The van der Waals surface area contributed by atoms with E-state index < -0.39 is 5.97 Å². The fourth-order valence-corrected chi connectivity index (χ4v) is 2.52. The molecule has 4 nitrogen and oxygen atoms in total. The number of aryl methyl sites for hydroxylation is 1. The molecule has 0 saturated heterocycles. The largest absolute Gasteiger partial charge is 0.363 e. The van der Waals surface area contributed by atoms with Crippen molar-refractivity contribution >= 4 is 17.4 Å². The lowest BCUT2D eigenvalue weighted by Crippen LogP contribution is -2.34. The van der Waals surface area contributed by atoms with Crippen LogP contribution in [0.3, 0.4) is 0 Å².